The molecule has 0 N–H and O–H groups in total. The first-order valence-electron chi connectivity index (χ1n) is 9.62. The van der Waals surface area contributed by atoms with Gasteiger partial charge in [0.2, 0.25) is 5.75 Å². The van der Waals surface area contributed by atoms with Crippen molar-refractivity contribution in [2.75, 3.05) is 7.11 Å². The van der Waals surface area contributed by atoms with Gasteiger partial charge in [-0.3, -0.25) is 4.52 Å². The fourth-order valence-corrected chi connectivity index (χ4v) is 6.32. The van der Waals surface area contributed by atoms with Crippen LogP contribution in [0.5, 0.6) is 5.75 Å². The molecule has 4 saturated carbocycles. The summed E-state index contributed by atoms with van der Waals surface area (Å²) in [7, 11) is 0.945. The van der Waals surface area contributed by atoms with Crippen molar-refractivity contribution in [3.8, 4) is 5.75 Å². The molecule has 1 atom stereocenters. The molecule has 4 aliphatic carbocycles. The molecule has 0 aromatic heterocycles. The van der Waals surface area contributed by atoms with Crippen molar-refractivity contribution in [2.45, 2.75) is 32.1 Å². The Kier molecular flexibility index (Phi) is 7.76. The van der Waals surface area contributed by atoms with E-state index in [0.717, 1.165) is 33.9 Å². The summed E-state index contributed by atoms with van der Waals surface area (Å²) in [6, 6.07) is 12.3. The van der Waals surface area contributed by atoms with E-state index in [9.17, 15) is 4.57 Å². The minimum Gasteiger partial charge on any atom is -1.00 e. The van der Waals surface area contributed by atoms with E-state index >= 15 is 0 Å². The van der Waals surface area contributed by atoms with Crippen LogP contribution in [0.4, 0.5) is 0 Å². The van der Waals surface area contributed by atoms with Gasteiger partial charge in [-0.2, -0.15) is 0 Å². The standard InChI is InChI=1S/C22H24O3P.2Na.2H/c1-24-22(20-16-9-13-8-14(11-16)12-17(20)10-13)19-7-6-15-4-2-3-5-18(15)21(19)25-26-23;;;;/h2-7,13-14,16-17,26H,8-12H2,1H3;;;;/q3*+1;2*-1. The molecule has 28 heavy (non-hydrogen) atoms. The first-order valence-corrected chi connectivity index (χ1v) is 10.4. The molecular weight excluding hydrogens is 389 g/mol. The number of ether oxygens (including phenoxy) is 1. The largest absolute Gasteiger partial charge is 1.00 e. The predicted octanol–water partition coefficient (Wildman–Crippen LogP) is 0.204. The zero-order valence-electron chi connectivity index (χ0n) is 19.0. The molecule has 0 spiro atoms. The molecule has 4 aliphatic rings. The number of allylic oxidation sites excluding steroid dienone is 1. The Balaban J connectivity index is 0.00000112. The third kappa shape index (κ3) is 3.89. The molecule has 0 radical (unpaired) electrons. The average Bonchev–Trinajstić information content (AvgIpc) is 2.65. The van der Waals surface area contributed by atoms with Crippen LogP contribution in [0.2, 0.25) is 0 Å². The van der Waals surface area contributed by atoms with Gasteiger partial charge in [0, 0.05) is 5.39 Å². The predicted molar refractivity (Wildman–Crippen MR) is 107 cm³/mol. The van der Waals surface area contributed by atoms with E-state index in [2.05, 4.69) is 18.2 Å². The average molecular weight is 415 g/mol. The Hall–Kier alpha value is 0.140. The van der Waals surface area contributed by atoms with Crippen molar-refractivity contribution in [2.24, 2.45) is 23.7 Å². The fraction of sp³-hybridized carbons (Fsp3) is 0.455. The Morgan fingerprint density at radius 2 is 1.61 bits per heavy atom. The van der Waals surface area contributed by atoms with E-state index in [-0.39, 0.29) is 62.0 Å². The summed E-state index contributed by atoms with van der Waals surface area (Å²) in [5, 5.41) is 2.09. The molecule has 2 aromatic carbocycles. The topological polar surface area (TPSA) is 35.5 Å². The SMILES string of the molecule is COC(=C1C2CC3CC(C2)CC1C3)c1ccc2ccccc2c1O[PH+]=O.[H-].[H-].[Na+].[Na+]. The summed E-state index contributed by atoms with van der Waals surface area (Å²) in [6.45, 7) is 0. The minimum absolute atomic E-state index is 0. The normalized spacial score (nSPS) is 27.2. The van der Waals surface area contributed by atoms with Gasteiger partial charge in [0.15, 0.2) is 0 Å². The number of methoxy groups -OCH3 is 1. The first-order chi connectivity index (χ1) is 12.8. The van der Waals surface area contributed by atoms with Gasteiger partial charge in [0.1, 0.15) is 5.76 Å². The number of fused-ring (bicyclic) bond motifs is 1. The molecule has 1 unspecified atom stereocenters. The minimum atomic E-state index is -0.825. The molecular formula is C22H26Na2O3P+. The smallest absolute Gasteiger partial charge is 1.00 e. The molecule has 0 saturated heterocycles. The Labute approximate surface area is 215 Å². The van der Waals surface area contributed by atoms with Gasteiger partial charge < -0.3 is 7.59 Å². The van der Waals surface area contributed by atoms with E-state index < -0.39 is 8.69 Å². The molecule has 0 amide bonds. The maximum Gasteiger partial charge on any atom is 1.00 e. The van der Waals surface area contributed by atoms with Crippen molar-refractivity contribution in [1.29, 1.82) is 0 Å². The van der Waals surface area contributed by atoms with E-state index in [0.29, 0.717) is 17.6 Å². The third-order valence-electron chi connectivity index (χ3n) is 6.75. The molecule has 2 aromatic rings. The fourth-order valence-electron chi connectivity index (χ4n) is 6.02. The molecule has 4 fully saturated rings. The van der Waals surface area contributed by atoms with Crippen LogP contribution in [0.15, 0.2) is 42.0 Å². The van der Waals surface area contributed by atoms with Crippen LogP contribution in [-0.4, -0.2) is 7.11 Å². The Morgan fingerprint density at radius 1 is 0.964 bits per heavy atom. The summed E-state index contributed by atoms with van der Waals surface area (Å²) in [4.78, 5) is 0. The van der Waals surface area contributed by atoms with Gasteiger partial charge in [0.25, 0.3) is 0 Å². The number of benzene rings is 2. The molecule has 6 heteroatoms. The van der Waals surface area contributed by atoms with Gasteiger partial charge in [-0.15, -0.1) is 0 Å². The summed E-state index contributed by atoms with van der Waals surface area (Å²) in [5.41, 5.74) is 2.45. The molecule has 0 aliphatic heterocycles. The van der Waals surface area contributed by atoms with Crippen LogP contribution < -0.4 is 63.6 Å². The van der Waals surface area contributed by atoms with Crippen molar-refractivity contribution in [3.05, 3.63) is 47.5 Å². The number of hydrogen-bond donors (Lipinski definition) is 0. The monoisotopic (exact) mass is 415 g/mol. The summed E-state index contributed by atoms with van der Waals surface area (Å²) >= 11 is 0. The third-order valence-corrected chi connectivity index (χ3v) is 7.04. The van der Waals surface area contributed by atoms with Crippen molar-refractivity contribution < 1.29 is 75.8 Å². The zero-order valence-corrected chi connectivity index (χ0v) is 22.0. The van der Waals surface area contributed by atoms with Crippen LogP contribution >= 0.6 is 8.69 Å². The molecule has 4 bridgehead atoms. The van der Waals surface area contributed by atoms with E-state index in [1.54, 1.807) is 7.11 Å². The second-order valence-electron chi connectivity index (χ2n) is 8.14. The van der Waals surface area contributed by atoms with Crippen LogP contribution in [0, 0.1) is 23.7 Å². The maximum absolute atomic E-state index is 11.4. The maximum atomic E-state index is 11.4. The Bertz CT molecular complexity index is 892. The van der Waals surface area contributed by atoms with E-state index in [4.69, 9.17) is 9.26 Å². The quantitative estimate of drug-likeness (QED) is 0.407. The molecule has 0 heterocycles. The van der Waals surface area contributed by atoms with Crippen molar-refractivity contribution in [3.63, 3.8) is 0 Å². The van der Waals surface area contributed by atoms with Crippen LogP contribution in [-0.2, 0) is 9.30 Å². The zero-order chi connectivity index (χ0) is 17.7. The molecule has 138 valence electrons. The summed E-state index contributed by atoms with van der Waals surface area (Å²) in [5.74, 6) is 4.78. The van der Waals surface area contributed by atoms with Crippen molar-refractivity contribution >= 4 is 25.2 Å². The van der Waals surface area contributed by atoms with Crippen LogP contribution in [0.25, 0.3) is 16.5 Å². The summed E-state index contributed by atoms with van der Waals surface area (Å²) < 4.78 is 23.0. The summed E-state index contributed by atoms with van der Waals surface area (Å²) in [6.07, 6.45) is 6.67. The second kappa shape index (κ2) is 9.52. The van der Waals surface area contributed by atoms with E-state index in [1.807, 2.05) is 18.2 Å². The van der Waals surface area contributed by atoms with E-state index in [1.165, 1.54) is 37.7 Å². The van der Waals surface area contributed by atoms with Gasteiger partial charge in [-0.05, 0) is 77.4 Å². The Morgan fingerprint density at radius 3 is 2.21 bits per heavy atom. The van der Waals surface area contributed by atoms with Crippen molar-refractivity contribution in [1.82, 2.24) is 0 Å². The van der Waals surface area contributed by atoms with Gasteiger partial charge in [-0.25, -0.2) is 0 Å². The van der Waals surface area contributed by atoms with Gasteiger partial charge in [-0.1, -0.05) is 30.3 Å². The number of rotatable bonds is 4. The van der Waals surface area contributed by atoms with Crippen LogP contribution in [0.1, 0.15) is 40.5 Å². The molecule has 3 nitrogen and oxygen atoms in total. The van der Waals surface area contributed by atoms with Gasteiger partial charge in [0.05, 0.1) is 12.7 Å². The number of hydrogen-bond acceptors (Lipinski definition) is 3. The second-order valence-corrected chi connectivity index (χ2v) is 8.51. The van der Waals surface area contributed by atoms with Crippen LogP contribution in [0.3, 0.4) is 0 Å². The van der Waals surface area contributed by atoms with Gasteiger partial charge >= 0.3 is 67.8 Å². The molecule has 6 rings (SSSR count). The first kappa shape index (κ1) is 22.8.